The van der Waals surface area contributed by atoms with Gasteiger partial charge in [0.15, 0.2) is 6.61 Å². The van der Waals surface area contributed by atoms with E-state index in [1.54, 1.807) is 0 Å². The van der Waals surface area contributed by atoms with Gasteiger partial charge in [-0.15, -0.1) is 11.8 Å². The molecule has 1 atom stereocenters. The minimum Gasteiger partial charge on any atom is -0.494 e. The fraction of sp³-hybridized carbons (Fsp3) is 0.529. The highest BCUT2D eigenvalue weighted by Gasteiger charge is 2.28. The molecule has 1 aromatic carbocycles. The molecule has 0 aliphatic heterocycles. The fourth-order valence-electron chi connectivity index (χ4n) is 2.14. The Morgan fingerprint density at radius 2 is 2.00 bits per heavy atom. The maximum atomic E-state index is 11.7. The molecule has 1 amide bonds. The van der Waals surface area contributed by atoms with Crippen molar-refractivity contribution in [3.8, 4) is 5.75 Å². The van der Waals surface area contributed by atoms with E-state index in [0.717, 1.165) is 10.6 Å². The van der Waals surface area contributed by atoms with Crippen LogP contribution in [0.3, 0.4) is 0 Å². The molecule has 5 nitrogen and oxygen atoms in total. The van der Waals surface area contributed by atoms with Crippen LogP contribution < -0.4 is 10.1 Å². The van der Waals surface area contributed by atoms with Crippen molar-refractivity contribution in [1.82, 2.24) is 5.32 Å². The number of esters is 1. The molecule has 0 saturated heterocycles. The Morgan fingerprint density at radius 3 is 2.61 bits per heavy atom. The Labute approximate surface area is 141 Å². The molecule has 0 aromatic heterocycles. The van der Waals surface area contributed by atoms with E-state index in [1.165, 1.54) is 24.6 Å². The number of ether oxygens (including phenoxy) is 2. The Morgan fingerprint density at radius 1 is 1.30 bits per heavy atom. The summed E-state index contributed by atoms with van der Waals surface area (Å²) >= 11 is 1.37. The van der Waals surface area contributed by atoms with Gasteiger partial charge in [0, 0.05) is 10.9 Å². The van der Waals surface area contributed by atoms with Gasteiger partial charge in [-0.3, -0.25) is 9.59 Å². The molecule has 1 aromatic rings. The molecule has 1 aliphatic rings. The van der Waals surface area contributed by atoms with Gasteiger partial charge in [-0.05, 0) is 56.9 Å². The van der Waals surface area contributed by atoms with E-state index < -0.39 is 5.97 Å². The Bertz CT molecular complexity index is 528. The Balaban J connectivity index is 1.63. The molecule has 1 fully saturated rings. The number of hydrogen-bond acceptors (Lipinski definition) is 5. The molecule has 0 radical (unpaired) electrons. The highest BCUT2D eigenvalue weighted by Crippen LogP contribution is 2.32. The molecule has 0 spiro atoms. The molecule has 126 valence electrons. The third-order valence-corrected chi connectivity index (χ3v) is 4.56. The second-order valence-electron chi connectivity index (χ2n) is 5.55. The zero-order valence-electron chi connectivity index (χ0n) is 13.5. The summed E-state index contributed by atoms with van der Waals surface area (Å²) in [5.41, 5.74) is 0. The Hall–Kier alpha value is -1.69. The molecule has 0 bridgehead atoms. The number of carbonyl (C=O) groups excluding carboxylic acids is 2. The first kappa shape index (κ1) is 17.7. The van der Waals surface area contributed by atoms with E-state index in [1.807, 2.05) is 38.1 Å². The fourth-order valence-corrected chi connectivity index (χ4v) is 2.83. The topological polar surface area (TPSA) is 64.6 Å². The highest BCUT2D eigenvalue weighted by molar-refractivity contribution is 8.00. The summed E-state index contributed by atoms with van der Waals surface area (Å²) in [5, 5.41) is 2.85. The minimum absolute atomic E-state index is 0.166. The molecule has 6 heteroatoms. The summed E-state index contributed by atoms with van der Waals surface area (Å²) < 4.78 is 10.4. The van der Waals surface area contributed by atoms with Crippen molar-refractivity contribution in [3.63, 3.8) is 0 Å². The molecule has 1 N–H and O–H groups in total. The minimum atomic E-state index is -0.391. The second kappa shape index (κ2) is 8.82. The maximum absolute atomic E-state index is 11.7. The lowest BCUT2D eigenvalue weighted by Gasteiger charge is -2.12. The van der Waals surface area contributed by atoms with Crippen LogP contribution >= 0.6 is 11.8 Å². The number of rotatable bonds is 9. The quantitative estimate of drug-likeness (QED) is 0.554. The lowest BCUT2D eigenvalue weighted by Crippen LogP contribution is -2.37. The summed E-state index contributed by atoms with van der Waals surface area (Å²) in [7, 11) is 0. The molecule has 1 aliphatic carbocycles. The first-order valence-electron chi connectivity index (χ1n) is 7.89. The van der Waals surface area contributed by atoms with Crippen LogP contribution in [0.2, 0.25) is 0 Å². The standard InChI is InChI=1S/C17H23NO4S/c1-3-21-14-6-8-15(9-7-14)23-11-17(20)22-10-16(19)18-12(2)13-4-5-13/h6-9,12-13H,3-5,10-11H2,1-2H3,(H,18,19)/t12-/m0/s1. The number of nitrogens with one attached hydrogen (secondary N) is 1. The average Bonchev–Trinajstić information content (AvgIpc) is 3.37. The third kappa shape index (κ3) is 6.52. The summed E-state index contributed by atoms with van der Waals surface area (Å²) in [6.45, 7) is 4.33. The van der Waals surface area contributed by atoms with Crippen LogP contribution in [0.5, 0.6) is 5.75 Å². The van der Waals surface area contributed by atoms with E-state index in [2.05, 4.69) is 5.32 Å². The van der Waals surface area contributed by atoms with Gasteiger partial charge in [0.1, 0.15) is 5.75 Å². The maximum Gasteiger partial charge on any atom is 0.316 e. The molecule has 2 rings (SSSR count). The third-order valence-electron chi connectivity index (χ3n) is 3.57. The van der Waals surface area contributed by atoms with Crippen LogP contribution in [0.1, 0.15) is 26.7 Å². The molecule has 0 heterocycles. The van der Waals surface area contributed by atoms with Gasteiger partial charge < -0.3 is 14.8 Å². The lowest BCUT2D eigenvalue weighted by molar-refractivity contribution is -0.146. The average molecular weight is 337 g/mol. The first-order valence-corrected chi connectivity index (χ1v) is 8.87. The summed E-state index contributed by atoms with van der Waals surface area (Å²) in [4.78, 5) is 24.3. The van der Waals surface area contributed by atoms with Crippen LogP contribution in [0.4, 0.5) is 0 Å². The molecule has 1 saturated carbocycles. The predicted octanol–water partition coefficient (Wildman–Crippen LogP) is 2.64. The van der Waals surface area contributed by atoms with E-state index in [-0.39, 0.29) is 24.3 Å². The SMILES string of the molecule is CCOc1ccc(SCC(=O)OCC(=O)N[C@@H](C)C2CC2)cc1. The summed E-state index contributed by atoms with van der Waals surface area (Å²) in [6, 6.07) is 7.69. The van der Waals surface area contributed by atoms with Crippen LogP contribution in [0.15, 0.2) is 29.2 Å². The Kier molecular flexibility index (Phi) is 6.77. The largest absolute Gasteiger partial charge is 0.494 e. The second-order valence-corrected chi connectivity index (χ2v) is 6.60. The normalized spacial score (nSPS) is 14.9. The van der Waals surface area contributed by atoms with Crippen molar-refractivity contribution in [2.45, 2.75) is 37.6 Å². The van der Waals surface area contributed by atoms with Crippen LogP contribution in [0, 0.1) is 5.92 Å². The van der Waals surface area contributed by atoms with Crippen molar-refractivity contribution < 1.29 is 19.1 Å². The first-order chi connectivity index (χ1) is 11.1. The van der Waals surface area contributed by atoms with Gasteiger partial charge in [0.25, 0.3) is 5.91 Å². The zero-order valence-corrected chi connectivity index (χ0v) is 14.4. The van der Waals surface area contributed by atoms with Crippen molar-refractivity contribution in [3.05, 3.63) is 24.3 Å². The van der Waals surface area contributed by atoms with Gasteiger partial charge in [0.05, 0.1) is 12.4 Å². The molecular weight excluding hydrogens is 314 g/mol. The van der Waals surface area contributed by atoms with Crippen LogP contribution in [-0.2, 0) is 14.3 Å². The van der Waals surface area contributed by atoms with Crippen LogP contribution in [0.25, 0.3) is 0 Å². The van der Waals surface area contributed by atoms with Crippen molar-refractivity contribution in [2.75, 3.05) is 19.0 Å². The van der Waals surface area contributed by atoms with Gasteiger partial charge in [0.2, 0.25) is 0 Å². The van der Waals surface area contributed by atoms with Gasteiger partial charge >= 0.3 is 5.97 Å². The van der Waals surface area contributed by atoms with E-state index >= 15 is 0 Å². The summed E-state index contributed by atoms with van der Waals surface area (Å²) in [5.74, 6) is 0.951. The number of hydrogen-bond donors (Lipinski definition) is 1. The predicted molar refractivity (Wildman–Crippen MR) is 89.6 cm³/mol. The smallest absolute Gasteiger partial charge is 0.316 e. The molecular formula is C17H23NO4S. The number of benzene rings is 1. The van der Waals surface area contributed by atoms with Crippen molar-refractivity contribution in [2.24, 2.45) is 5.92 Å². The number of carbonyl (C=O) groups is 2. The van der Waals surface area contributed by atoms with Crippen LogP contribution in [-0.4, -0.2) is 36.9 Å². The van der Waals surface area contributed by atoms with Gasteiger partial charge in [-0.2, -0.15) is 0 Å². The lowest BCUT2D eigenvalue weighted by atomic mass is 10.2. The van der Waals surface area contributed by atoms with E-state index in [4.69, 9.17) is 9.47 Å². The van der Waals surface area contributed by atoms with E-state index in [9.17, 15) is 9.59 Å². The molecule has 0 unspecified atom stereocenters. The monoisotopic (exact) mass is 337 g/mol. The number of amides is 1. The molecule has 23 heavy (non-hydrogen) atoms. The summed E-state index contributed by atoms with van der Waals surface area (Å²) in [6.07, 6.45) is 2.33. The van der Waals surface area contributed by atoms with E-state index in [0.29, 0.717) is 12.5 Å². The highest BCUT2D eigenvalue weighted by atomic mass is 32.2. The zero-order chi connectivity index (χ0) is 16.7. The number of thioether (sulfide) groups is 1. The van der Waals surface area contributed by atoms with Gasteiger partial charge in [-0.25, -0.2) is 0 Å². The van der Waals surface area contributed by atoms with Crippen molar-refractivity contribution in [1.29, 1.82) is 0 Å². The van der Waals surface area contributed by atoms with Crippen molar-refractivity contribution >= 4 is 23.6 Å². The van der Waals surface area contributed by atoms with Gasteiger partial charge in [-0.1, -0.05) is 0 Å².